The van der Waals surface area contributed by atoms with Gasteiger partial charge in [0.2, 0.25) is 0 Å². The van der Waals surface area contributed by atoms with Crippen molar-refractivity contribution in [3.8, 4) is 5.75 Å². The highest BCUT2D eigenvalue weighted by Crippen LogP contribution is 2.41. The molecular weight excluding hydrogens is 236 g/mol. The fourth-order valence-corrected chi connectivity index (χ4v) is 3.38. The zero-order valence-electron chi connectivity index (χ0n) is 12.8. The molecule has 1 saturated carbocycles. The number of rotatable bonds is 4. The Kier molecular flexibility index (Phi) is 4.14. The number of hydrogen-bond acceptors (Lipinski definition) is 3. The molecule has 1 N–H and O–H groups in total. The second-order valence-electron chi connectivity index (χ2n) is 6.26. The van der Waals surface area contributed by atoms with Crippen LogP contribution in [0.4, 0.5) is 0 Å². The van der Waals surface area contributed by atoms with Crippen LogP contribution in [0, 0.1) is 19.3 Å². The predicted octanol–water partition coefficient (Wildman–Crippen LogP) is 3.03. The summed E-state index contributed by atoms with van der Waals surface area (Å²) in [5.41, 5.74) is 3.89. The largest absolute Gasteiger partial charge is 0.496 e. The summed E-state index contributed by atoms with van der Waals surface area (Å²) in [6, 6.07) is 0.664. The molecule has 1 heterocycles. The molecule has 19 heavy (non-hydrogen) atoms. The monoisotopic (exact) mass is 262 g/mol. The molecule has 1 aromatic heterocycles. The molecule has 0 radical (unpaired) electrons. The summed E-state index contributed by atoms with van der Waals surface area (Å²) in [7, 11) is 3.81. The zero-order chi connectivity index (χ0) is 14.0. The second kappa shape index (κ2) is 5.49. The Hall–Kier alpha value is -1.09. The van der Waals surface area contributed by atoms with Crippen molar-refractivity contribution >= 4 is 0 Å². The van der Waals surface area contributed by atoms with E-state index < -0.39 is 0 Å². The molecule has 0 amide bonds. The van der Waals surface area contributed by atoms with E-state index in [0.717, 1.165) is 17.7 Å². The molecule has 3 nitrogen and oxygen atoms in total. The molecule has 1 aromatic rings. The third-order valence-corrected chi connectivity index (χ3v) is 4.59. The van der Waals surface area contributed by atoms with Gasteiger partial charge >= 0.3 is 0 Å². The Morgan fingerprint density at radius 2 is 2.21 bits per heavy atom. The van der Waals surface area contributed by atoms with Crippen molar-refractivity contribution in [3.05, 3.63) is 23.0 Å². The van der Waals surface area contributed by atoms with Gasteiger partial charge in [-0.2, -0.15) is 0 Å². The summed E-state index contributed by atoms with van der Waals surface area (Å²) in [4.78, 5) is 4.65. The van der Waals surface area contributed by atoms with Crippen LogP contribution in [0.25, 0.3) is 0 Å². The number of ether oxygens (including phenoxy) is 1. The molecule has 0 aromatic carbocycles. The van der Waals surface area contributed by atoms with Gasteiger partial charge in [0.25, 0.3) is 0 Å². The van der Waals surface area contributed by atoms with E-state index in [0.29, 0.717) is 11.5 Å². The van der Waals surface area contributed by atoms with Gasteiger partial charge in [0.15, 0.2) is 0 Å². The van der Waals surface area contributed by atoms with Crippen molar-refractivity contribution in [2.24, 2.45) is 5.41 Å². The van der Waals surface area contributed by atoms with E-state index in [4.69, 9.17) is 4.74 Å². The first-order valence-electron chi connectivity index (χ1n) is 7.15. The van der Waals surface area contributed by atoms with Crippen molar-refractivity contribution < 1.29 is 4.74 Å². The van der Waals surface area contributed by atoms with Crippen LogP contribution >= 0.6 is 0 Å². The van der Waals surface area contributed by atoms with Gasteiger partial charge < -0.3 is 10.1 Å². The number of aryl methyl sites for hydroxylation is 1. The highest BCUT2D eigenvalue weighted by atomic mass is 16.5. The Morgan fingerprint density at radius 3 is 2.79 bits per heavy atom. The maximum Gasteiger partial charge on any atom is 0.128 e. The van der Waals surface area contributed by atoms with E-state index in [-0.39, 0.29) is 0 Å². The van der Waals surface area contributed by atoms with Gasteiger partial charge in [0.05, 0.1) is 7.11 Å². The number of hydrogen-bond donors (Lipinski definition) is 1. The van der Waals surface area contributed by atoms with E-state index in [1.165, 1.54) is 30.5 Å². The van der Waals surface area contributed by atoms with Crippen LogP contribution in [-0.4, -0.2) is 25.2 Å². The third kappa shape index (κ3) is 2.92. The minimum absolute atomic E-state index is 0.367. The number of nitrogens with zero attached hydrogens (tertiary/aromatic N) is 1. The predicted molar refractivity (Wildman–Crippen MR) is 78.8 cm³/mol. The molecule has 106 valence electrons. The normalized spacial score (nSPS) is 26.7. The summed E-state index contributed by atoms with van der Waals surface area (Å²) in [5, 5.41) is 3.41. The van der Waals surface area contributed by atoms with Gasteiger partial charge in [0, 0.05) is 29.1 Å². The van der Waals surface area contributed by atoms with Crippen LogP contribution in [0.5, 0.6) is 5.75 Å². The van der Waals surface area contributed by atoms with Crippen LogP contribution in [0.15, 0.2) is 6.20 Å². The van der Waals surface area contributed by atoms with Crippen LogP contribution in [-0.2, 0) is 6.42 Å². The molecule has 0 spiro atoms. The van der Waals surface area contributed by atoms with Crippen LogP contribution in [0.1, 0.15) is 43.0 Å². The Balaban J connectivity index is 2.20. The van der Waals surface area contributed by atoms with Crippen LogP contribution < -0.4 is 10.1 Å². The lowest BCUT2D eigenvalue weighted by Crippen LogP contribution is -2.25. The highest BCUT2D eigenvalue weighted by molar-refractivity contribution is 5.41. The van der Waals surface area contributed by atoms with Gasteiger partial charge in [0.1, 0.15) is 5.75 Å². The van der Waals surface area contributed by atoms with E-state index in [1.54, 1.807) is 7.11 Å². The van der Waals surface area contributed by atoms with Crippen molar-refractivity contribution in [1.82, 2.24) is 10.3 Å². The SMILES string of the molecule is CNC1CCC(C)(Cc2ncc(C)c(OC)c2C)C1. The average Bonchev–Trinajstić information content (AvgIpc) is 2.76. The minimum Gasteiger partial charge on any atom is -0.496 e. The molecule has 0 saturated heterocycles. The third-order valence-electron chi connectivity index (χ3n) is 4.59. The fraction of sp³-hybridized carbons (Fsp3) is 0.688. The number of pyridine rings is 1. The standard InChI is InChI=1S/C16H26N2O/c1-11-10-18-14(12(2)15(11)19-5)9-16(3)7-6-13(8-16)17-4/h10,13,17H,6-9H2,1-5H3. The Labute approximate surface area is 116 Å². The van der Waals surface area contributed by atoms with Crippen molar-refractivity contribution in [2.75, 3.05) is 14.2 Å². The number of methoxy groups -OCH3 is 1. The second-order valence-corrected chi connectivity index (χ2v) is 6.26. The van der Waals surface area contributed by atoms with E-state index >= 15 is 0 Å². The first-order valence-corrected chi connectivity index (χ1v) is 7.15. The molecule has 3 heteroatoms. The average molecular weight is 262 g/mol. The summed E-state index contributed by atoms with van der Waals surface area (Å²) in [6.07, 6.45) is 6.77. The van der Waals surface area contributed by atoms with E-state index in [2.05, 4.69) is 38.1 Å². The first-order chi connectivity index (χ1) is 8.99. The van der Waals surface area contributed by atoms with Crippen LogP contribution in [0.3, 0.4) is 0 Å². The van der Waals surface area contributed by atoms with Gasteiger partial charge in [-0.05, 0) is 52.0 Å². The van der Waals surface area contributed by atoms with Crippen molar-refractivity contribution in [2.45, 2.75) is 52.5 Å². The molecule has 2 atom stereocenters. The van der Waals surface area contributed by atoms with Gasteiger partial charge in [-0.1, -0.05) is 6.92 Å². The maximum absolute atomic E-state index is 5.50. The lowest BCUT2D eigenvalue weighted by Gasteiger charge is -2.25. The Bertz CT molecular complexity index is 458. The molecule has 1 aliphatic rings. The Morgan fingerprint density at radius 1 is 1.47 bits per heavy atom. The van der Waals surface area contributed by atoms with Crippen molar-refractivity contribution in [3.63, 3.8) is 0 Å². The molecule has 0 aliphatic heterocycles. The van der Waals surface area contributed by atoms with Gasteiger partial charge in [-0.25, -0.2) is 0 Å². The van der Waals surface area contributed by atoms with E-state index in [1.807, 2.05) is 6.20 Å². The number of nitrogens with one attached hydrogen (secondary N) is 1. The molecular formula is C16H26N2O. The summed E-state index contributed by atoms with van der Waals surface area (Å²) in [6.45, 7) is 6.57. The summed E-state index contributed by atoms with van der Waals surface area (Å²) in [5.74, 6) is 0.997. The smallest absolute Gasteiger partial charge is 0.128 e. The van der Waals surface area contributed by atoms with Crippen LogP contribution in [0.2, 0.25) is 0 Å². The van der Waals surface area contributed by atoms with Gasteiger partial charge in [-0.15, -0.1) is 0 Å². The quantitative estimate of drug-likeness (QED) is 0.905. The topological polar surface area (TPSA) is 34.2 Å². The summed E-state index contributed by atoms with van der Waals surface area (Å²) >= 11 is 0. The molecule has 2 unspecified atom stereocenters. The summed E-state index contributed by atoms with van der Waals surface area (Å²) < 4.78 is 5.50. The molecule has 0 bridgehead atoms. The highest BCUT2D eigenvalue weighted by Gasteiger charge is 2.35. The fourth-order valence-electron chi connectivity index (χ4n) is 3.38. The lowest BCUT2D eigenvalue weighted by molar-refractivity contribution is 0.319. The maximum atomic E-state index is 5.50. The van der Waals surface area contributed by atoms with Gasteiger partial charge in [-0.3, -0.25) is 4.98 Å². The number of aromatic nitrogens is 1. The van der Waals surface area contributed by atoms with Crippen molar-refractivity contribution in [1.29, 1.82) is 0 Å². The lowest BCUT2D eigenvalue weighted by atomic mass is 9.82. The zero-order valence-corrected chi connectivity index (χ0v) is 12.8. The minimum atomic E-state index is 0.367. The molecule has 1 aliphatic carbocycles. The van der Waals surface area contributed by atoms with E-state index in [9.17, 15) is 0 Å². The first kappa shape index (κ1) is 14.3. The molecule has 1 fully saturated rings. The molecule has 2 rings (SSSR count).